The predicted octanol–water partition coefficient (Wildman–Crippen LogP) is 2.52. The van der Waals surface area contributed by atoms with Gasteiger partial charge in [0.25, 0.3) is 0 Å². The molecule has 1 N–H and O–H groups in total. The van der Waals surface area contributed by atoms with Gasteiger partial charge in [-0.05, 0) is 24.6 Å². The summed E-state index contributed by atoms with van der Waals surface area (Å²) in [5, 5.41) is 7.41. The topological polar surface area (TPSA) is 70.0 Å². The quantitative estimate of drug-likeness (QED) is 0.919. The van der Waals surface area contributed by atoms with Crippen LogP contribution in [0.2, 0.25) is 5.02 Å². The molecule has 17 heavy (non-hydrogen) atoms. The van der Waals surface area contributed by atoms with Gasteiger partial charge in [0, 0.05) is 0 Å². The molecular formula is C10H10ClFN2O2S. The molecule has 0 aliphatic carbocycles. The van der Waals surface area contributed by atoms with Crippen molar-refractivity contribution in [1.29, 1.82) is 5.26 Å². The van der Waals surface area contributed by atoms with Gasteiger partial charge in [0.1, 0.15) is 5.82 Å². The highest BCUT2D eigenvalue weighted by Crippen LogP contribution is 2.20. The number of anilines is 1. The van der Waals surface area contributed by atoms with Gasteiger partial charge in [-0.2, -0.15) is 5.26 Å². The third-order valence-corrected chi connectivity index (χ3v) is 4.08. The molecule has 0 radical (unpaired) electrons. The maximum atomic E-state index is 13.1. The maximum absolute atomic E-state index is 13.1. The first-order chi connectivity index (χ1) is 7.90. The first kappa shape index (κ1) is 13.7. The van der Waals surface area contributed by atoms with E-state index in [4.69, 9.17) is 16.9 Å². The van der Waals surface area contributed by atoms with Gasteiger partial charge in [-0.15, -0.1) is 0 Å². The molecule has 0 bridgehead atoms. The Morgan fingerprint density at radius 1 is 1.59 bits per heavy atom. The van der Waals surface area contributed by atoms with E-state index in [0.717, 1.165) is 6.07 Å². The molecule has 0 saturated carbocycles. The van der Waals surface area contributed by atoms with Crippen LogP contribution < -0.4 is 4.72 Å². The average Bonchev–Trinajstić information content (AvgIpc) is 2.24. The smallest absolute Gasteiger partial charge is 0.249 e. The summed E-state index contributed by atoms with van der Waals surface area (Å²) in [5.41, 5.74) is 0.0422. The summed E-state index contributed by atoms with van der Waals surface area (Å²) in [6.45, 7) is 1.58. The van der Waals surface area contributed by atoms with Crippen molar-refractivity contribution in [3.8, 4) is 6.07 Å². The van der Waals surface area contributed by atoms with Crippen LogP contribution >= 0.6 is 11.6 Å². The highest BCUT2D eigenvalue weighted by Gasteiger charge is 2.23. The molecule has 1 aromatic carbocycles. The lowest BCUT2D eigenvalue weighted by Crippen LogP contribution is -2.25. The van der Waals surface area contributed by atoms with E-state index in [9.17, 15) is 12.8 Å². The molecular weight excluding hydrogens is 267 g/mol. The summed E-state index contributed by atoms with van der Waals surface area (Å²) in [7, 11) is -3.83. The highest BCUT2D eigenvalue weighted by atomic mass is 35.5. The van der Waals surface area contributed by atoms with Crippen LogP contribution in [0.15, 0.2) is 18.2 Å². The molecule has 0 heterocycles. The summed E-state index contributed by atoms with van der Waals surface area (Å²) in [6, 6.07) is 5.19. The Balaban J connectivity index is 2.99. The third kappa shape index (κ3) is 3.32. The number of nitriles is 1. The Morgan fingerprint density at radius 3 is 2.71 bits per heavy atom. The second-order valence-corrected chi connectivity index (χ2v) is 5.57. The van der Waals surface area contributed by atoms with Crippen LogP contribution in [0, 0.1) is 17.1 Å². The third-order valence-electron chi connectivity index (χ3n) is 2.07. The Hall–Kier alpha value is -1.32. The van der Waals surface area contributed by atoms with E-state index in [0.29, 0.717) is 0 Å². The number of nitrogens with one attached hydrogen (secondary N) is 1. The largest absolute Gasteiger partial charge is 0.282 e. The Morgan fingerprint density at radius 2 is 2.24 bits per heavy atom. The molecule has 1 aromatic rings. The first-order valence-electron chi connectivity index (χ1n) is 4.77. The monoisotopic (exact) mass is 276 g/mol. The molecule has 1 rings (SSSR count). The fourth-order valence-electron chi connectivity index (χ4n) is 1.18. The number of nitrogens with zero attached hydrogens (tertiary/aromatic N) is 1. The van der Waals surface area contributed by atoms with E-state index in [1.807, 2.05) is 0 Å². The van der Waals surface area contributed by atoms with E-state index in [-0.39, 0.29) is 17.1 Å². The van der Waals surface area contributed by atoms with E-state index in [1.54, 1.807) is 13.0 Å². The number of sulfonamides is 1. The van der Waals surface area contributed by atoms with Crippen molar-refractivity contribution in [3.05, 3.63) is 29.0 Å². The van der Waals surface area contributed by atoms with Crippen molar-refractivity contribution in [2.24, 2.45) is 0 Å². The Labute approximate surface area is 104 Å². The average molecular weight is 277 g/mol. The van der Waals surface area contributed by atoms with Crippen molar-refractivity contribution < 1.29 is 12.8 Å². The van der Waals surface area contributed by atoms with Gasteiger partial charge in [0.2, 0.25) is 10.0 Å². The molecule has 0 spiro atoms. The summed E-state index contributed by atoms with van der Waals surface area (Å²) < 4.78 is 38.6. The van der Waals surface area contributed by atoms with Gasteiger partial charge in [0.15, 0.2) is 5.25 Å². The fourth-order valence-corrected chi connectivity index (χ4v) is 2.47. The zero-order chi connectivity index (χ0) is 13.1. The number of hydrogen-bond donors (Lipinski definition) is 1. The Bertz CT molecular complexity index is 554. The van der Waals surface area contributed by atoms with Crippen LogP contribution in [0.1, 0.15) is 13.3 Å². The number of halogens is 2. The Kier molecular flexibility index (Phi) is 4.32. The molecule has 1 atom stereocenters. The minimum Gasteiger partial charge on any atom is -0.282 e. The lowest BCUT2D eigenvalue weighted by atomic mass is 10.3. The van der Waals surface area contributed by atoms with Crippen LogP contribution in [0.5, 0.6) is 0 Å². The van der Waals surface area contributed by atoms with Gasteiger partial charge in [-0.1, -0.05) is 18.5 Å². The molecule has 0 saturated heterocycles. The van der Waals surface area contributed by atoms with Crippen LogP contribution in [-0.2, 0) is 10.0 Å². The van der Waals surface area contributed by atoms with Crippen molar-refractivity contribution in [2.45, 2.75) is 18.6 Å². The van der Waals surface area contributed by atoms with Gasteiger partial charge in [-0.3, -0.25) is 4.72 Å². The molecule has 0 fully saturated rings. The summed E-state index contributed by atoms with van der Waals surface area (Å²) in [5.74, 6) is -0.725. The second kappa shape index (κ2) is 5.34. The molecule has 0 aliphatic heterocycles. The van der Waals surface area contributed by atoms with E-state index >= 15 is 0 Å². The van der Waals surface area contributed by atoms with E-state index in [1.165, 1.54) is 12.1 Å². The van der Waals surface area contributed by atoms with Gasteiger partial charge >= 0.3 is 0 Å². The predicted molar refractivity (Wildman–Crippen MR) is 63.6 cm³/mol. The number of rotatable bonds is 4. The fraction of sp³-hybridized carbons (Fsp3) is 0.300. The molecule has 7 heteroatoms. The van der Waals surface area contributed by atoms with Crippen molar-refractivity contribution in [3.63, 3.8) is 0 Å². The van der Waals surface area contributed by atoms with Gasteiger partial charge < -0.3 is 0 Å². The minimum absolute atomic E-state index is 0.0422. The minimum atomic E-state index is -3.83. The molecule has 0 amide bonds. The van der Waals surface area contributed by atoms with Crippen molar-refractivity contribution in [2.75, 3.05) is 4.72 Å². The second-order valence-electron chi connectivity index (χ2n) is 3.30. The van der Waals surface area contributed by atoms with E-state index < -0.39 is 21.1 Å². The van der Waals surface area contributed by atoms with E-state index in [2.05, 4.69) is 4.72 Å². The molecule has 92 valence electrons. The summed E-state index contributed by atoms with van der Waals surface area (Å²) in [4.78, 5) is 0. The maximum Gasteiger partial charge on any atom is 0.249 e. The molecule has 0 aromatic heterocycles. The SMILES string of the molecule is CCC(C#N)S(=O)(=O)Nc1ccc(Cl)c(F)c1. The molecule has 4 nitrogen and oxygen atoms in total. The van der Waals surface area contributed by atoms with Gasteiger partial charge in [-0.25, -0.2) is 12.8 Å². The van der Waals surface area contributed by atoms with Crippen LogP contribution in [0.25, 0.3) is 0 Å². The summed E-state index contributed by atoms with van der Waals surface area (Å²) >= 11 is 5.46. The first-order valence-corrected chi connectivity index (χ1v) is 6.69. The van der Waals surface area contributed by atoms with Crippen LogP contribution in [-0.4, -0.2) is 13.7 Å². The van der Waals surface area contributed by atoms with Crippen molar-refractivity contribution >= 4 is 27.3 Å². The van der Waals surface area contributed by atoms with Crippen LogP contribution in [0.3, 0.4) is 0 Å². The number of hydrogen-bond acceptors (Lipinski definition) is 3. The normalized spacial score (nSPS) is 12.8. The highest BCUT2D eigenvalue weighted by molar-refractivity contribution is 7.93. The van der Waals surface area contributed by atoms with Crippen molar-refractivity contribution in [1.82, 2.24) is 0 Å². The van der Waals surface area contributed by atoms with Crippen LogP contribution in [0.4, 0.5) is 10.1 Å². The zero-order valence-electron chi connectivity index (χ0n) is 8.94. The lowest BCUT2D eigenvalue weighted by Gasteiger charge is -2.11. The molecule has 0 aliphatic rings. The molecule has 1 unspecified atom stereocenters. The summed E-state index contributed by atoms with van der Waals surface area (Å²) in [6.07, 6.45) is 0.155. The standard InChI is InChI=1S/C10H10ClFN2O2S/c1-2-8(6-13)17(15,16)14-7-3-4-9(11)10(12)5-7/h3-5,8,14H,2H2,1H3. The lowest BCUT2D eigenvalue weighted by molar-refractivity contribution is 0.592. The number of benzene rings is 1. The van der Waals surface area contributed by atoms with Gasteiger partial charge in [0.05, 0.1) is 16.8 Å². The zero-order valence-corrected chi connectivity index (χ0v) is 10.5.